The molecule has 1 unspecified atom stereocenters. The normalized spacial score (nSPS) is 11.9. The average Bonchev–Trinajstić information content (AvgIpc) is 3.10. The van der Waals surface area contributed by atoms with Crippen molar-refractivity contribution in [2.75, 3.05) is 10.8 Å². The zero-order valence-corrected chi connectivity index (χ0v) is 30.8. The predicted molar refractivity (Wildman–Crippen MR) is 203 cm³/mol. The van der Waals surface area contributed by atoms with Crippen LogP contribution in [0.4, 0.5) is 5.69 Å². The highest BCUT2D eigenvalue weighted by molar-refractivity contribution is 7.92. The molecule has 264 valence electrons. The fourth-order valence-electron chi connectivity index (χ4n) is 5.44. The number of carbonyl (C=O) groups is 2. The van der Waals surface area contributed by atoms with Crippen molar-refractivity contribution in [2.45, 2.75) is 50.7 Å². The Morgan fingerprint density at radius 3 is 2.00 bits per heavy atom. The van der Waals surface area contributed by atoms with Gasteiger partial charge in [-0.3, -0.25) is 13.9 Å². The first-order valence-electron chi connectivity index (χ1n) is 16.4. The Kier molecular flexibility index (Phi) is 12.4. The quantitative estimate of drug-likeness (QED) is 0.123. The van der Waals surface area contributed by atoms with E-state index >= 15 is 0 Å². The zero-order valence-electron chi connectivity index (χ0n) is 28.5. The Hall–Kier alpha value is -4.83. The molecule has 5 rings (SSSR count). The monoisotopic (exact) mass is 743 g/mol. The van der Waals surface area contributed by atoms with Crippen molar-refractivity contribution >= 4 is 50.7 Å². The molecule has 1 atom stereocenters. The van der Waals surface area contributed by atoms with E-state index in [2.05, 4.69) is 5.32 Å². The van der Waals surface area contributed by atoms with E-state index in [1.165, 1.54) is 17.0 Å². The summed E-state index contributed by atoms with van der Waals surface area (Å²) < 4.78 is 35.8. The maximum Gasteiger partial charge on any atom is 0.264 e. The second-order valence-corrected chi connectivity index (χ2v) is 15.1. The number of halogens is 2. The summed E-state index contributed by atoms with van der Waals surface area (Å²) in [6.45, 7) is 4.83. The van der Waals surface area contributed by atoms with E-state index in [9.17, 15) is 18.0 Å². The summed E-state index contributed by atoms with van der Waals surface area (Å²) in [5.41, 5.74) is 2.48. The maximum absolute atomic E-state index is 14.7. The lowest BCUT2D eigenvalue weighted by molar-refractivity contribution is -0.140. The number of sulfonamides is 1. The third-order valence-corrected chi connectivity index (χ3v) is 10.4. The zero-order chi connectivity index (χ0) is 36.5. The fraction of sp³-hybridized carbons (Fsp3) is 0.200. The fourth-order valence-corrected chi connectivity index (χ4v) is 7.32. The van der Waals surface area contributed by atoms with E-state index in [1.54, 1.807) is 54.6 Å². The number of rotatable bonds is 14. The van der Waals surface area contributed by atoms with Crippen LogP contribution in [0.2, 0.25) is 10.0 Å². The van der Waals surface area contributed by atoms with Crippen molar-refractivity contribution in [2.24, 2.45) is 0 Å². The molecule has 0 saturated heterocycles. The molecule has 0 spiro atoms. The summed E-state index contributed by atoms with van der Waals surface area (Å²) in [7, 11) is -4.28. The third kappa shape index (κ3) is 9.91. The highest BCUT2D eigenvalue weighted by Crippen LogP contribution is 2.30. The number of carbonyl (C=O) groups excluding carboxylic acids is 2. The molecular formula is C40H39Cl2N3O5S. The van der Waals surface area contributed by atoms with Gasteiger partial charge in [0, 0.05) is 29.1 Å². The molecule has 0 aromatic heterocycles. The van der Waals surface area contributed by atoms with Crippen LogP contribution in [0, 0.1) is 6.92 Å². The second kappa shape index (κ2) is 16.9. The summed E-state index contributed by atoms with van der Waals surface area (Å²) in [6, 6.07) is 35.1. The van der Waals surface area contributed by atoms with E-state index in [1.807, 2.05) is 81.4 Å². The third-order valence-electron chi connectivity index (χ3n) is 8.05. The van der Waals surface area contributed by atoms with E-state index in [-0.39, 0.29) is 35.5 Å². The van der Waals surface area contributed by atoms with Gasteiger partial charge in [-0.1, -0.05) is 95.5 Å². The predicted octanol–water partition coefficient (Wildman–Crippen LogP) is 8.45. The van der Waals surface area contributed by atoms with Gasteiger partial charge in [0.1, 0.15) is 24.1 Å². The van der Waals surface area contributed by atoms with Crippen molar-refractivity contribution in [3.63, 3.8) is 0 Å². The topological polar surface area (TPSA) is 96.0 Å². The van der Waals surface area contributed by atoms with Crippen LogP contribution in [0.15, 0.2) is 132 Å². The van der Waals surface area contributed by atoms with E-state index in [0.717, 1.165) is 15.4 Å². The summed E-state index contributed by atoms with van der Waals surface area (Å²) in [4.78, 5) is 30.0. The number of ether oxygens (including phenoxy) is 1. The number of hydrogen-bond acceptors (Lipinski definition) is 5. The Labute approximate surface area is 309 Å². The number of hydrogen-bond donors (Lipinski definition) is 1. The number of nitrogens with one attached hydrogen (secondary N) is 1. The van der Waals surface area contributed by atoms with Gasteiger partial charge in [0.25, 0.3) is 10.0 Å². The molecule has 0 heterocycles. The summed E-state index contributed by atoms with van der Waals surface area (Å²) in [5, 5.41) is 3.67. The van der Waals surface area contributed by atoms with Gasteiger partial charge in [0.05, 0.1) is 10.6 Å². The lowest BCUT2D eigenvalue weighted by atomic mass is 10.0. The van der Waals surface area contributed by atoms with Crippen LogP contribution in [0.25, 0.3) is 0 Å². The van der Waals surface area contributed by atoms with Gasteiger partial charge in [-0.05, 0) is 92.6 Å². The van der Waals surface area contributed by atoms with Gasteiger partial charge >= 0.3 is 0 Å². The summed E-state index contributed by atoms with van der Waals surface area (Å²) >= 11 is 12.8. The number of para-hydroxylation sites is 1. The smallest absolute Gasteiger partial charge is 0.264 e. The van der Waals surface area contributed by atoms with Gasteiger partial charge in [0.2, 0.25) is 11.8 Å². The van der Waals surface area contributed by atoms with Crippen LogP contribution in [0.3, 0.4) is 0 Å². The lowest BCUT2D eigenvalue weighted by Crippen LogP contribution is -2.54. The average molecular weight is 745 g/mol. The van der Waals surface area contributed by atoms with Crippen LogP contribution in [-0.4, -0.2) is 43.8 Å². The number of nitrogens with zero attached hydrogens (tertiary/aromatic N) is 2. The second-order valence-electron chi connectivity index (χ2n) is 12.4. The molecule has 11 heteroatoms. The minimum atomic E-state index is -4.28. The molecule has 5 aromatic rings. The Bertz CT molecular complexity index is 2040. The molecule has 0 aliphatic heterocycles. The molecule has 1 N–H and O–H groups in total. The molecule has 0 aliphatic rings. The molecular weight excluding hydrogens is 705 g/mol. The van der Waals surface area contributed by atoms with Gasteiger partial charge in [-0.2, -0.15) is 0 Å². The van der Waals surface area contributed by atoms with Crippen molar-refractivity contribution in [1.29, 1.82) is 0 Å². The first-order chi connectivity index (χ1) is 24.4. The van der Waals surface area contributed by atoms with E-state index < -0.39 is 28.5 Å². The van der Waals surface area contributed by atoms with Gasteiger partial charge in [-0.15, -0.1) is 0 Å². The number of amides is 2. The van der Waals surface area contributed by atoms with E-state index in [0.29, 0.717) is 27.1 Å². The number of benzene rings is 5. The highest BCUT2D eigenvalue weighted by atomic mass is 35.5. The molecule has 0 saturated carbocycles. The number of aryl methyl sites for hydroxylation is 1. The molecule has 5 aromatic carbocycles. The lowest BCUT2D eigenvalue weighted by Gasteiger charge is -2.34. The van der Waals surface area contributed by atoms with Crippen LogP contribution in [0.5, 0.6) is 11.5 Å². The molecule has 0 bridgehead atoms. The number of anilines is 1. The van der Waals surface area contributed by atoms with Crippen molar-refractivity contribution in [3.8, 4) is 11.5 Å². The first kappa shape index (κ1) is 37.4. The van der Waals surface area contributed by atoms with Gasteiger partial charge in [0.15, 0.2) is 0 Å². The Morgan fingerprint density at radius 2 is 1.39 bits per heavy atom. The summed E-state index contributed by atoms with van der Waals surface area (Å²) in [6.07, 6.45) is 0.173. The standard InChI is InChI=1S/C40H39Cl2N3O5S/c1-28(2)43-40(47)38(24-30-10-6-4-7-11-30)44(26-31-16-17-32(41)25-37(31)42)39(46)27-45(51(48,49)36-22-14-29(3)15-23-36)33-18-20-35(21-19-33)50-34-12-8-5-9-13-34/h4-23,25,28,38H,24,26-27H2,1-3H3,(H,43,47). The van der Waals surface area contributed by atoms with Crippen LogP contribution in [-0.2, 0) is 32.6 Å². The van der Waals surface area contributed by atoms with Crippen LogP contribution >= 0.6 is 23.2 Å². The summed E-state index contributed by atoms with van der Waals surface area (Å²) in [5.74, 6) is 0.102. The molecule has 0 aliphatic carbocycles. The van der Waals surface area contributed by atoms with Gasteiger partial charge < -0.3 is 15.0 Å². The molecule has 51 heavy (non-hydrogen) atoms. The van der Waals surface area contributed by atoms with E-state index in [4.69, 9.17) is 27.9 Å². The molecule has 2 amide bonds. The minimum absolute atomic E-state index is 0.0104. The van der Waals surface area contributed by atoms with Crippen molar-refractivity contribution in [1.82, 2.24) is 10.2 Å². The highest BCUT2D eigenvalue weighted by Gasteiger charge is 2.35. The largest absolute Gasteiger partial charge is 0.457 e. The van der Waals surface area contributed by atoms with Crippen molar-refractivity contribution in [3.05, 3.63) is 154 Å². The molecule has 0 radical (unpaired) electrons. The van der Waals surface area contributed by atoms with Gasteiger partial charge in [-0.25, -0.2) is 8.42 Å². The Balaban J connectivity index is 1.57. The Morgan fingerprint density at radius 1 is 0.784 bits per heavy atom. The molecule has 0 fully saturated rings. The molecule has 8 nitrogen and oxygen atoms in total. The van der Waals surface area contributed by atoms with Crippen LogP contribution < -0.4 is 14.4 Å². The van der Waals surface area contributed by atoms with Crippen LogP contribution in [0.1, 0.15) is 30.5 Å². The maximum atomic E-state index is 14.7. The van der Waals surface area contributed by atoms with Crippen molar-refractivity contribution < 1.29 is 22.7 Å². The SMILES string of the molecule is Cc1ccc(S(=O)(=O)N(CC(=O)N(Cc2ccc(Cl)cc2Cl)C(Cc2ccccc2)C(=O)NC(C)C)c2ccc(Oc3ccccc3)cc2)cc1. The minimum Gasteiger partial charge on any atom is -0.457 e. The first-order valence-corrected chi connectivity index (χ1v) is 18.6.